The molecular weight excluding hydrogens is 376 g/mol. The van der Waals surface area contributed by atoms with E-state index in [9.17, 15) is 10.1 Å². The van der Waals surface area contributed by atoms with Crippen molar-refractivity contribution in [2.45, 2.75) is 0 Å². The van der Waals surface area contributed by atoms with Crippen molar-refractivity contribution in [3.8, 4) is 28.1 Å². The summed E-state index contributed by atoms with van der Waals surface area (Å²) >= 11 is 0. The third-order valence-corrected chi connectivity index (χ3v) is 4.45. The minimum atomic E-state index is -0.385. The van der Waals surface area contributed by atoms with Crippen LogP contribution in [-0.2, 0) is 0 Å². The number of nitrogens with zero attached hydrogens (tertiary/aromatic N) is 2. The summed E-state index contributed by atoms with van der Waals surface area (Å²) in [5, 5.41) is 12.0. The molecule has 0 radical (unpaired) electrons. The van der Waals surface area contributed by atoms with Crippen LogP contribution >= 0.6 is 12.4 Å². The van der Waals surface area contributed by atoms with E-state index in [1.807, 2.05) is 60.7 Å². The lowest BCUT2D eigenvalue weighted by atomic mass is 9.98. The van der Waals surface area contributed by atoms with E-state index >= 15 is 0 Å². The first-order valence-corrected chi connectivity index (χ1v) is 8.45. The Morgan fingerprint density at radius 3 is 2.36 bits per heavy atom. The highest BCUT2D eigenvalue weighted by Gasteiger charge is 2.14. The summed E-state index contributed by atoms with van der Waals surface area (Å²) in [6.45, 7) is 0. The molecule has 0 spiro atoms. The first-order valence-electron chi connectivity index (χ1n) is 8.45. The Labute approximate surface area is 168 Å². The van der Waals surface area contributed by atoms with Gasteiger partial charge in [-0.15, -0.1) is 12.4 Å². The molecule has 0 saturated heterocycles. The third-order valence-electron chi connectivity index (χ3n) is 4.45. The fraction of sp³-hybridized carbons (Fsp3) is 0.0455. The Balaban J connectivity index is 0.00000225. The maximum absolute atomic E-state index is 11.2. The van der Waals surface area contributed by atoms with E-state index in [1.54, 1.807) is 19.2 Å². The van der Waals surface area contributed by atoms with Gasteiger partial charge in [-0.2, -0.15) is 0 Å². The Hall–Kier alpha value is -3.44. The van der Waals surface area contributed by atoms with Gasteiger partial charge in [0.15, 0.2) is 0 Å². The van der Waals surface area contributed by atoms with Gasteiger partial charge in [-0.3, -0.25) is 10.1 Å². The lowest BCUT2D eigenvalue weighted by Crippen LogP contribution is -1.93. The number of hydrogen-bond acceptors (Lipinski definition) is 4. The summed E-state index contributed by atoms with van der Waals surface area (Å²) in [5.41, 5.74) is 4.35. The second kappa shape index (κ2) is 8.06. The summed E-state index contributed by atoms with van der Waals surface area (Å²) in [5.74, 6) is 0.749. The molecule has 1 aromatic heterocycles. The number of non-ortho nitro benzene ring substituents is 1. The quantitative estimate of drug-likeness (QED) is 0.320. The number of rotatable bonds is 4. The van der Waals surface area contributed by atoms with Crippen molar-refractivity contribution in [3.05, 3.63) is 89.0 Å². The maximum Gasteiger partial charge on any atom is 0.270 e. The van der Waals surface area contributed by atoms with Gasteiger partial charge >= 0.3 is 0 Å². The van der Waals surface area contributed by atoms with E-state index in [0.29, 0.717) is 5.52 Å². The first-order chi connectivity index (χ1) is 13.2. The molecular formula is C22H17ClN2O3. The minimum absolute atomic E-state index is 0. The maximum atomic E-state index is 11.2. The molecule has 0 aliphatic heterocycles. The second-order valence-corrected chi connectivity index (χ2v) is 6.11. The standard InChI is InChI=1S/C22H16N2O3.ClH/c1-27-18-9-5-8-16(12-18)22-14-19(15-6-3-2-4-7-15)20-13-17(24(25)26)10-11-21(20)23-22;/h2-14H,1H3;1H. The van der Waals surface area contributed by atoms with Crippen LogP contribution in [0, 0.1) is 10.1 Å². The molecule has 4 aromatic rings. The molecule has 0 amide bonds. The lowest BCUT2D eigenvalue weighted by molar-refractivity contribution is -0.384. The largest absolute Gasteiger partial charge is 0.497 e. The third kappa shape index (κ3) is 3.66. The van der Waals surface area contributed by atoms with Crippen molar-refractivity contribution in [3.63, 3.8) is 0 Å². The molecule has 140 valence electrons. The zero-order valence-electron chi connectivity index (χ0n) is 15.0. The molecule has 6 heteroatoms. The fourth-order valence-electron chi connectivity index (χ4n) is 3.11. The van der Waals surface area contributed by atoms with E-state index in [2.05, 4.69) is 0 Å². The van der Waals surface area contributed by atoms with Crippen LogP contribution in [0.25, 0.3) is 33.3 Å². The number of nitro groups is 1. The highest BCUT2D eigenvalue weighted by atomic mass is 35.5. The van der Waals surface area contributed by atoms with Crippen molar-refractivity contribution < 1.29 is 9.66 Å². The predicted octanol–water partition coefficient (Wildman–Crippen LogP) is 5.91. The number of nitro benzene ring substituents is 1. The number of ether oxygens (including phenoxy) is 1. The van der Waals surface area contributed by atoms with E-state index in [1.165, 1.54) is 6.07 Å². The molecule has 1 heterocycles. The second-order valence-electron chi connectivity index (χ2n) is 6.11. The Morgan fingerprint density at radius 2 is 1.64 bits per heavy atom. The smallest absolute Gasteiger partial charge is 0.270 e. The van der Waals surface area contributed by atoms with E-state index in [-0.39, 0.29) is 23.0 Å². The number of pyridine rings is 1. The van der Waals surface area contributed by atoms with Gasteiger partial charge < -0.3 is 4.74 Å². The van der Waals surface area contributed by atoms with Gasteiger partial charge in [0, 0.05) is 23.1 Å². The van der Waals surface area contributed by atoms with Gasteiger partial charge in [-0.25, -0.2) is 4.98 Å². The number of hydrogen-bond donors (Lipinski definition) is 0. The van der Waals surface area contributed by atoms with Crippen LogP contribution in [-0.4, -0.2) is 17.0 Å². The van der Waals surface area contributed by atoms with Crippen molar-refractivity contribution in [1.29, 1.82) is 0 Å². The SMILES string of the molecule is COc1cccc(-c2cc(-c3ccccc3)c3cc([N+](=O)[O-])ccc3n2)c1.Cl. The topological polar surface area (TPSA) is 65.3 Å². The van der Waals surface area contributed by atoms with Crippen molar-refractivity contribution in [2.24, 2.45) is 0 Å². The Morgan fingerprint density at radius 1 is 0.893 bits per heavy atom. The average molecular weight is 393 g/mol. The number of methoxy groups -OCH3 is 1. The summed E-state index contributed by atoms with van der Waals surface area (Å²) < 4.78 is 5.32. The molecule has 0 N–H and O–H groups in total. The van der Waals surface area contributed by atoms with Crippen LogP contribution in [0.2, 0.25) is 0 Å². The minimum Gasteiger partial charge on any atom is -0.497 e. The van der Waals surface area contributed by atoms with Gasteiger partial charge in [0.1, 0.15) is 5.75 Å². The summed E-state index contributed by atoms with van der Waals surface area (Å²) in [6, 6.07) is 24.2. The fourth-order valence-corrected chi connectivity index (χ4v) is 3.11. The Bertz CT molecular complexity index is 1150. The highest BCUT2D eigenvalue weighted by molar-refractivity contribution is 5.97. The molecule has 0 saturated carbocycles. The summed E-state index contributed by atoms with van der Waals surface area (Å²) in [4.78, 5) is 15.6. The molecule has 0 aliphatic rings. The van der Waals surface area contributed by atoms with Crippen LogP contribution in [0.4, 0.5) is 5.69 Å². The molecule has 3 aromatic carbocycles. The molecule has 0 fully saturated rings. The Kier molecular flexibility index (Phi) is 5.57. The number of fused-ring (bicyclic) bond motifs is 1. The van der Waals surface area contributed by atoms with E-state index < -0.39 is 0 Å². The van der Waals surface area contributed by atoms with E-state index in [4.69, 9.17) is 9.72 Å². The highest BCUT2D eigenvalue weighted by Crippen LogP contribution is 2.34. The van der Waals surface area contributed by atoms with Crippen molar-refractivity contribution in [1.82, 2.24) is 4.98 Å². The molecule has 28 heavy (non-hydrogen) atoms. The van der Waals surface area contributed by atoms with Gasteiger partial charge in [0.25, 0.3) is 5.69 Å². The normalized spacial score (nSPS) is 10.3. The van der Waals surface area contributed by atoms with Gasteiger partial charge in [-0.05, 0) is 35.4 Å². The van der Waals surface area contributed by atoms with E-state index in [0.717, 1.165) is 33.5 Å². The summed E-state index contributed by atoms with van der Waals surface area (Å²) in [6.07, 6.45) is 0. The molecule has 0 aliphatic carbocycles. The van der Waals surface area contributed by atoms with Crippen LogP contribution in [0.15, 0.2) is 78.9 Å². The average Bonchev–Trinajstić information content (AvgIpc) is 2.73. The molecule has 5 nitrogen and oxygen atoms in total. The monoisotopic (exact) mass is 392 g/mol. The zero-order chi connectivity index (χ0) is 18.8. The zero-order valence-corrected chi connectivity index (χ0v) is 15.8. The number of benzene rings is 3. The van der Waals surface area contributed by atoms with Crippen molar-refractivity contribution in [2.75, 3.05) is 7.11 Å². The van der Waals surface area contributed by atoms with Crippen LogP contribution in [0.5, 0.6) is 5.75 Å². The van der Waals surface area contributed by atoms with Crippen LogP contribution in [0.3, 0.4) is 0 Å². The van der Waals surface area contributed by atoms with Crippen molar-refractivity contribution >= 4 is 29.0 Å². The predicted molar refractivity (Wildman–Crippen MR) is 113 cm³/mol. The van der Waals surface area contributed by atoms with Gasteiger partial charge in [0.2, 0.25) is 0 Å². The summed E-state index contributed by atoms with van der Waals surface area (Å²) in [7, 11) is 1.63. The number of halogens is 1. The first kappa shape index (κ1) is 19.3. The molecule has 0 bridgehead atoms. The van der Waals surface area contributed by atoms with Gasteiger partial charge in [0.05, 0.1) is 23.2 Å². The number of aromatic nitrogens is 1. The lowest BCUT2D eigenvalue weighted by Gasteiger charge is -2.11. The molecule has 4 rings (SSSR count). The molecule has 0 unspecified atom stereocenters. The van der Waals surface area contributed by atoms with Gasteiger partial charge in [-0.1, -0.05) is 42.5 Å². The molecule has 0 atom stereocenters. The van der Waals surface area contributed by atoms with Crippen LogP contribution < -0.4 is 4.74 Å². The van der Waals surface area contributed by atoms with Crippen LogP contribution in [0.1, 0.15) is 0 Å².